The van der Waals surface area contributed by atoms with Crippen molar-refractivity contribution >= 4 is 17.3 Å². The number of anilines is 2. The van der Waals surface area contributed by atoms with Crippen LogP contribution in [-0.4, -0.2) is 45.8 Å². The van der Waals surface area contributed by atoms with E-state index in [9.17, 15) is 4.79 Å². The van der Waals surface area contributed by atoms with Crippen molar-refractivity contribution in [3.05, 3.63) is 24.3 Å². The molecular weight excluding hydrogens is 266 g/mol. The predicted octanol–water partition coefficient (Wildman–Crippen LogP) is 1.85. The topological polar surface area (TPSA) is 53.6 Å². The Labute approximate surface area is 126 Å². The Morgan fingerprint density at radius 2 is 2.10 bits per heavy atom. The Hall–Kier alpha value is -1.75. The fraction of sp³-hybridized carbons (Fsp3) is 0.562. The van der Waals surface area contributed by atoms with Crippen molar-refractivity contribution in [2.75, 3.05) is 44.0 Å². The average molecular weight is 291 g/mol. The fourth-order valence-corrected chi connectivity index (χ4v) is 2.32. The molecule has 2 rings (SSSR count). The van der Waals surface area contributed by atoms with Crippen LogP contribution in [0.4, 0.5) is 11.4 Å². The monoisotopic (exact) mass is 291 g/mol. The van der Waals surface area contributed by atoms with E-state index in [0.717, 1.165) is 30.8 Å². The maximum Gasteiger partial charge on any atom is 0.221 e. The molecule has 1 aromatic rings. The van der Waals surface area contributed by atoms with Crippen molar-refractivity contribution in [2.45, 2.75) is 25.4 Å². The van der Waals surface area contributed by atoms with E-state index in [0.29, 0.717) is 19.5 Å². The van der Waals surface area contributed by atoms with Crippen molar-refractivity contribution in [1.29, 1.82) is 0 Å². The number of carbonyl (C=O) groups is 1. The third-order valence-electron chi connectivity index (χ3n) is 3.62. The van der Waals surface area contributed by atoms with Crippen molar-refractivity contribution in [2.24, 2.45) is 0 Å². The number of hydrogen-bond donors (Lipinski definition) is 2. The van der Waals surface area contributed by atoms with Gasteiger partial charge in [-0.1, -0.05) is 0 Å². The third kappa shape index (κ3) is 5.27. The molecule has 1 aliphatic rings. The van der Waals surface area contributed by atoms with Gasteiger partial charge in [-0.2, -0.15) is 0 Å². The van der Waals surface area contributed by atoms with E-state index in [1.165, 1.54) is 0 Å². The number of hydrogen-bond acceptors (Lipinski definition) is 4. The maximum atomic E-state index is 11.7. The summed E-state index contributed by atoms with van der Waals surface area (Å²) in [6.45, 7) is 2.10. The molecule has 5 heteroatoms. The highest BCUT2D eigenvalue weighted by atomic mass is 16.5. The minimum atomic E-state index is 0.0721. The molecule has 0 aliphatic carbocycles. The summed E-state index contributed by atoms with van der Waals surface area (Å²) in [5.74, 6) is 0.0721. The summed E-state index contributed by atoms with van der Waals surface area (Å²) in [6.07, 6.45) is 2.84. The summed E-state index contributed by atoms with van der Waals surface area (Å²) in [5, 5.41) is 6.18. The predicted molar refractivity (Wildman–Crippen MR) is 85.9 cm³/mol. The lowest BCUT2D eigenvalue weighted by atomic mass is 10.2. The molecule has 5 nitrogen and oxygen atoms in total. The lowest BCUT2D eigenvalue weighted by molar-refractivity contribution is -0.121. The Morgan fingerprint density at radius 3 is 2.71 bits per heavy atom. The molecule has 0 aromatic heterocycles. The van der Waals surface area contributed by atoms with Crippen LogP contribution in [0.5, 0.6) is 0 Å². The summed E-state index contributed by atoms with van der Waals surface area (Å²) in [5.41, 5.74) is 2.20. The van der Waals surface area contributed by atoms with Gasteiger partial charge in [0.05, 0.1) is 6.10 Å². The second kappa shape index (κ2) is 7.88. The second-order valence-corrected chi connectivity index (χ2v) is 5.56. The van der Waals surface area contributed by atoms with Crippen LogP contribution >= 0.6 is 0 Å². The van der Waals surface area contributed by atoms with Crippen LogP contribution in [0.1, 0.15) is 19.3 Å². The minimum absolute atomic E-state index is 0.0721. The zero-order valence-corrected chi connectivity index (χ0v) is 12.9. The molecular formula is C16H25N3O2. The third-order valence-corrected chi connectivity index (χ3v) is 3.62. The first-order chi connectivity index (χ1) is 10.1. The van der Waals surface area contributed by atoms with Crippen molar-refractivity contribution in [3.8, 4) is 0 Å². The van der Waals surface area contributed by atoms with Crippen LogP contribution in [0.2, 0.25) is 0 Å². The van der Waals surface area contributed by atoms with Gasteiger partial charge in [0, 0.05) is 51.6 Å². The maximum absolute atomic E-state index is 11.7. The smallest absolute Gasteiger partial charge is 0.221 e. The average Bonchev–Trinajstić information content (AvgIpc) is 2.99. The molecule has 1 heterocycles. The van der Waals surface area contributed by atoms with Crippen LogP contribution in [0.25, 0.3) is 0 Å². The standard InChI is InChI=1S/C16H25N3O2/c1-19(2)14-7-5-13(6-8-14)17-10-9-16(20)18-12-15-4-3-11-21-15/h5-8,15,17H,3-4,9-12H2,1-2H3,(H,18,20). The highest BCUT2D eigenvalue weighted by Crippen LogP contribution is 2.15. The number of benzene rings is 1. The Kier molecular flexibility index (Phi) is 5.87. The normalized spacial score (nSPS) is 17.5. The van der Waals surface area contributed by atoms with E-state index in [4.69, 9.17) is 4.74 Å². The number of carbonyl (C=O) groups excluding carboxylic acids is 1. The Morgan fingerprint density at radius 1 is 1.33 bits per heavy atom. The van der Waals surface area contributed by atoms with Gasteiger partial charge in [0.25, 0.3) is 0 Å². The van der Waals surface area contributed by atoms with Crippen molar-refractivity contribution in [3.63, 3.8) is 0 Å². The lowest BCUT2D eigenvalue weighted by Gasteiger charge is -2.13. The lowest BCUT2D eigenvalue weighted by Crippen LogP contribution is -2.32. The number of ether oxygens (including phenoxy) is 1. The van der Waals surface area contributed by atoms with Crippen LogP contribution in [-0.2, 0) is 9.53 Å². The first-order valence-corrected chi connectivity index (χ1v) is 7.55. The molecule has 1 aromatic carbocycles. The van der Waals surface area contributed by atoms with Crippen LogP contribution in [0.3, 0.4) is 0 Å². The first-order valence-electron chi connectivity index (χ1n) is 7.55. The van der Waals surface area contributed by atoms with Crippen molar-refractivity contribution in [1.82, 2.24) is 5.32 Å². The molecule has 1 amide bonds. The summed E-state index contributed by atoms with van der Waals surface area (Å²) >= 11 is 0. The molecule has 0 bridgehead atoms. The summed E-state index contributed by atoms with van der Waals surface area (Å²) in [4.78, 5) is 13.8. The number of rotatable bonds is 7. The highest BCUT2D eigenvalue weighted by molar-refractivity contribution is 5.76. The molecule has 2 N–H and O–H groups in total. The van der Waals surface area contributed by atoms with E-state index in [-0.39, 0.29) is 12.0 Å². The SMILES string of the molecule is CN(C)c1ccc(NCCC(=O)NCC2CCCO2)cc1. The zero-order valence-electron chi connectivity index (χ0n) is 12.9. The van der Waals surface area contributed by atoms with Gasteiger partial charge in [0.15, 0.2) is 0 Å². The van der Waals surface area contributed by atoms with Gasteiger partial charge >= 0.3 is 0 Å². The quantitative estimate of drug-likeness (QED) is 0.805. The van der Waals surface area contributed by atoms with E-state index in [1.807, 2.05) is 26.2 Å². The molecule has 0 radical (unpaired) electrons. The summed E-state index contributed by atoms with van der Waals surface area (Å²) < 4.78 is 5.47. The molecule has 21 heavy (non-hydrogen) atoms. The van der Waals surface area contributed by atoms with Gasteiger partial charge in [-0.05, 0) is 37.1 Å². The van der Waals surface area contributed by atoms with Gasteiger partial charge in [0.1, 0.15) is 0 Å². The van der Waals surface area contributed by atoms with Crippen LogP contribution in [0.15, 0.2) is 24.3 Å². The van der Waals surface area contributed by atoms with Gasteiger partial charge < -0.3 is 20.3 Å². The van der Waals surface area contributed by atoms with Crippen molar-refractivity contribution < 1.29 is 9.53 Å². The number of nitrogens with one attached hydrogen (secondary N) is 2. The zero-order chi connectivity index (χ0) is 15.1. The van der Waals surface area contributed by atoms with Gasteiger partial charge in [-0.15, -0.1) is 0 Å². The molecule has 0 spiro atoms. The summed E-state index contributed by atoms with van der Waals surface area (Å²) in [7, 11) is 4.03. The van der Waals surface area contributed by atoms with Gasteiger partial charge in [-0.25, -0.2) is 0 Å². The van der Waals surface area contributed by atoms with E-state index in [1.54, 1.807) is 0 Å². The van der Waals surface area contributed by atoms with Gasteiger partial charge in [0.2, 0.25) is 5.91 Å². The fourth-order valence-electron chi connectivity index (χ4n) is 2.32. The second-order valence-electron chi connectivity index (χ2n) is 5.56. The summed E-state index contributed by atoms with van der Waals surface area (Å²) in [6, 6.07) is 8.17. The molecule has 116 valence electrons. The first kappa shape index (κ1) is 15.6. The van der Waals surface area contributed by atoms with Crippen LogP contribution in [0, 0.1) is 0 Å². The molecule has 1 fully saturated rings. The van der Waals surface area contributed by atoms with Crippen LogP contribution < -0.4 is 15.5 Å². The van der Waals surface area contributed by atoms with E-state index < -0.39 is 0 Å². The Balaban J connectivity index is 1.62. The minimum Gasteiger partial charge on any atom is -0.385 e. The van der Waals surface area contributed by atoms with Gasteiger partial charge in [-0.3, -0.25) is 4.79 Å². The molecule has 1 unspecified atom stereocenters. The highest BCUT2D eigenvalue weighted by Gasteiger charge is 2.15. The molecule has 0 saturated carbocycles. The molecule has 1 atom stereocenters. The molecule has 1 aliphatic heterocycles. The van der Waals surface area contributed by atoms with E-state index >= 15 is 0 Å². The van der Waals surface area contributed by atoms with E-state index in [2.05, 4.69) is 27.7 Å². The Bertz CT molecular complexity index is 439. The number of nitrogens with zero attached hydrogens (tertiary/aromatic N) is 1. The molecule has 1 saturated heterocycles. The largest absolute Gasteiger partial charge is 0.385 e. The number of amides is 1.